The highest BCUT2D eigenvalue weighted by molar-refractivity contribution is 4.94. The van der Waals surface area contributed by atoms with E-state index in [-0.39, 0.29) is 12.1 Å². The van der Waals surface area contributed by atoms with E-state index in [2.05, 4.69) is 20.8 Å². The third-order valence-electron chi connectivity index (χ3n) is 2.92. The Morgan fingerprint density at radius 2 is 2.38 bits per heavy atom. The second-order valence-electron chi connectivity index (χ2n) is 4.21. The van der Waals surface area contributed by atoms with Gasteiger partial charge in [-0.2, -0.15) is 4.80 Å². The van der Waals surface area contributed by atoms with Gasteiger partial charge in [0.05, 0.1) is 19.2 Å². The monoisotopic (exact) mass is 226 g/mol. The first kappa shape index (κ1) is 11.4. The quantitative estimate of drug-likeness (QED) is 0.478. The van der Waals surface area contributed by atoms with E-state index in [1.54, 1.807) is 14.2 Å². The average molecular weight is 226 g/mol. The van der Waals surface area contributed by atoms with E-state index in [4.69, 9.17) is 10.6 Å². The molecule has 2 rings (SSSR count). The number of rotatable bonds is 6. The van der Waals surface area contributed by atoms with Crippen LogP contribution in [-0.4, -0.2) is 39.5 Å². The van der Waals surface area contributed by atoms with Crippen LogP contribution < -0.4 is 11.3 Å². The van der Waals surface area contributed by atoms with Crippen molar-refractivity contribution in [2.24, 2.45) is 18.8 Å². The summed E-state index contributed by atoms with van der Waals surface area (Å²) in [6.45, 7) is 0. The van der Waals surface area contributed by atoms with Crippen LogP contribution in [0.4, 0.5) is 0 Å². The van der Waals surface area contributed by atoms with Crippen molar-refractivity contribution in [3.63, 3.8) is 0 Å². The number of aromatic nitrogens is 4. The second-order valence-corrected chi connectivity index (χ2v) is 4.21. The maximum Gasteiger partial charge on any atom is 0.176 e. The van der Waals surface area contributed by atoms with Crippen molar-refractivity contribution in [1.29, 1.82) is 0 Å². The highest BCUT2D eigenvalue weighted by atomic mass is 16.5. The van der Waals surface area contributed by atoms with Crippen LogP contribution in [0.25, 0.3) is 0 Å². The van der Waals surface area contributed by atoms with Gasteiger partial charge in [0, 0.05) is 13.5 Å². The summed E-state index contributed by atoms with van der Waals surface area (Å²) >= 11 is 0. The van der Waals surface area contributed by atoms with Crippen molar-refractivity contribution in [2.45, 2.75) is 31.4 Å². The van der Waals surface area contributed by atoms with Gasteiger partial charge in [0.2, 0.25) is 0 Å². The standard InChI is InChI=1S/C9H18N6O/c1-15-13-8(12-14-15)5-7(11-10)9(16-2)6-3-4-6/h6-7,9,11H,3-5,10H2,1-2H3. The molecular formula is C9H18N6O. The van der Waals surface area contributed by atoms with Crippen LogP contribution >= 0.6 is 0 Å². The predicted molar refractivity (Wildman–Crippen MR) is 57.1 cm³/mol. The molecule has 1 aliphatic rings. The van der Waals surface area contributed by atoms with E-state index in [9.17, 15) is 0 Å². The van der Waals surface area contributed by atoms with Crippen LogP contribution in [0.3, 0.4) is 0 Å². The zero-order valence-electron chi connectivity index (χ0n) is 9.63. The number of hydrogen-bond donors (Lipinski definition) is 2. The van der Waals surface area contributed by atoms with Gasteiger partial charge in [0.15, 0.2) is 5.82 Å². The SMILES string of the molecule is COC(C1CC1)C(Cc1nnn(C)n1)NN. The Kier molecular flexibility index (Phi) is 3.47. The Morgan fingerprint density at radius 1 is 1.62 bits per heavy atom. The number of hydrogen-bond acceptors (Lipinski definition) is 6. The van der Waals surface area contributed by atoms with E-state index in [1.165, 1.54) is 17.6 Å². The van der Waals surface area contributed by atoms with Crippen molar-refractivity contribution >= 4 is 0 Å². The molecule has 3 N–H and O–H groups in total. The van der Waals surface area contributed by atoms with Crippen LogP contribution in [0.15, 0.2) is 0 Å². The average Bonchev–Trinajstić information content (AvgIpc) is 3.02. The normalized spacial score (nSPS) is 19.7. The Labute approximate surface area is 94.3 Å². The predicted octanol–water partition coefficient (Wildman–Crippen LogP) is -0.990. The number of aryl methyl sites for hydroxylation is 1. The molecule has 0 radical (unpaired) electrons. The second kappa shape index (κ2) is 4.86. The summed E-state index contributed by atoms with van der Waals surface area (Å²) in [5.41, 5.74) is 2.79. The van der Waals surface area contributed by atoms with Gasteiger partial charge in [-0.3, -0.25) is 11.3 Å². The number of ether oxygens (including phenoxy) is 1. The van der Waals surface area contributed by atoms with Gasteiger partial charge in [-0.1, -0.05) is 0 Å². The highest BCUT2D eigenvalue weighted by Gasteiger charge is 2.37. The fraction of sp³-hybridized carbons (Fsp3) is 0.889. The van der Waals surface area contributed by atoms with Crippen molar-refractivity contribution in [2.75, 3.05) is 7.11 Å². The van der Waals surface area contributed by atoms with Gasteiger partial charge in [0.25, 0.3) is 0 Å². The molecule has 0 amide bonds. The van der Waals surface area contributed by atoms with Crippen LogP contribution in [0.1, 0.15) is 18.7 Å². The molecule has 0 aromatic carbocycles. The maximum absolute atomic E-state index is 5.56. The molecule has 2 atom stereocenters. The molecule has 7 nitrogen and oxygen atoms in total. The van der Waals surface area contributed by atoms with Gasteiger partial charge in [-0.15, -0.1) is 10.2 Å². The lowest BCUT2D eigenvalue weighted by Gasteiger charge is -2.24. The van der Waals surface area contributed by atoms with Crippen LogP contribution in [0, 0.1) is 5.92 Å². The van der Waals surface area contributed by atoms with E-state index in [0.717, 1.165) is 0 Å². The molecule has 16 heavy (non-hydrogen) atoms. The first-order chi connectivity index (χ1) is 7.74. The summed E-state index contributed by atoms with van der Waals surface area (Å²) in [5, 5.41) is 11.9. The lowest BCUT2D eigenvalue weighted by molar-refractivity contribution is 0.0505. The van der Waals surface area contributed by atoms with Crippen LogP contribution in [0.2, 0.25) is 0 Å². The third kappa shape index (κ3) is 2.55. The molecule has 1 heterocycles. The maximum atomic E-state index is 5.56. The molecule has 0 spiro atoms. The van der Waals surface area contributed by atoms with Crippen molar-refractivity contribution in [1.82, 2.24) is 25.6 Å². The zero-order valence-corrected chi connectivity index (χ0v) is 9.63. The first-order valence-electron chi connectivity index (χ1n) is 5.46. The number of tetrazole rings is 1. The molecule has 0 saturated heterocycles. The van der Waals surface area contributed by atoms with Gasteiger partial charge in [-0.05, 0) is 24.0 Å². The number of nitrogens with one attached hydrogen (secondary N) is 1. The Hall–Kier alpha value is -1.05. The van der Waals surface area contributed by atoms with Gasteiger partial charge < -0.3 is 4.74 Å². The molecule has 7 heteroatoms. The smallest absolute Gasteiger partial charge is 0.176 e. The molecule has 2 unspecified atom stereocenters. The highest BCUT2D eigenvalue weighted by Crippen LogP contribution is 2.35. The third-order valence-corrected chi connectivity index (χ3v) is 2.92. The topological polar surface area (TPSA) is 90.9 Å². The minimum absolute atomic E-state index is 0.0432. The minimum Gasteiger partial charge on any atom is -0.379 e. The van der Waals surface area contributed by atoms with Crippen molar-refractivity contribution < 1.29 is 4.74 Å². The fourth-order valence-corrected chi connectivity index (χ4v) is 1.98. The molecule has 90 valence electrons. The number of methoxy groups -OCH3 is 1. The molecule has 1 aromatic rings. The number of nitrogens with zero attached hydrogens (tertiary/aromatic N) is 4. The lowest BCUT2D eigenvalue weighted by atomic mass is 10.0. The molecule has 0 bridgehead atoms. The van der Waals surface area contributed by atoms with Crippen LogP contribution in [0.5, 0.6) is 0 Å². The lowest BCUT2D eigenvalue weighted by Crippen LogP contribution is -2.47. The Balaban J connectivity index is 1.98. The van der Waals surface area contributed by atoms with E-state index < -0.39 is 0 Å². The van der Waals surface area contributed by atoms with Crippen molar-refractivity contribution in [3.05, 3.63) is 5.82 Å². The van der Waals surface area contributed by atoms with Gasteiger partial charge in [0.1, 0.15) is 0 Å². The number of nitrogens with two attached hydrogens (primary N) is 1. The molecular weight excluding hydrogens is 208 g/mol. The molecule has 1 saturated carbocycles. The molecule has 1 aliphatic carbocycles. The molecule has 1 fully saturated rings. The Morgan fingerprint density at radius 3 is 2.81 bits per heavy atom. The first-order valence-corrected chi connectivity index (χ1v) is 5.46. The summed E-state index contributed by atoms with van der Waals surface area (Å²) in [6, 6.07) is 0.0432. The summed E-state index contributed by atoms with van der Waals surface area (Å²) in [5.74, 6) is 6.86. The summed E-state index contributed by atoms with van der Waals surface area (Å²) in [7, 11) is 3.47. The minimum atomic E-state index is 0.0432. The molecule has 0 aliphatic heterocycles. The summed E-state index contributed by atoms with van der Waals surface area (Å²) in [6.07, 6.45) is 3.20. The Bertz CT molecular complexity index is 336. The zero-order chi connectivity index (χ0) is 11.5. The van der Waals surface area contributed by atoms with Crippen molar-refractivity contribution in [3.8, 4) is 0 Å². The van der Waals surface area contributed by atoms with E-state index in [0.29, 0.717) is 18.2 Å². The van der Waals surface area contributed by atoms with E-state index >= 15 is 0 Å². The fourth-order valence-electron chi connectivity index (χ4n) is 1.98. The summed E-state index contributed by atoms with van der Waals surface area (Å²) < 4.78 is 5.48. The van der Waals surface area contributed by atoms with Gasteiger partial charge in [-0.25, -0.2) is 0 Å². The van der Waals surface area contributed by atoms with Gasteiger partial charge >= 0.3 is 0 Å². The van der Waals surface area contributed by atoms with E-state index in [1.807, 2.05) is 0 Å². The molecule has 1 aromatic heterocycles. The largest absolute Gasteiger partial charge is 0.379 e. The summed E-state index contributed by atoms with van der Waals surface area (Å²) in [4.78, 5) is 1.45. The van der Waals surface area contributed by atoms with Crippen LogP contribution in [-0.2, 0) is 18.2 Å². The number of hydrazine groups is 1.